The van der Waals surface area contributed by atoms with Gasteiger partial charge in [-0.3, -0.25) is 10.2 Å². The average molecular weight is 286 g/mol. The van der Waals surface area contributed by atoms with Gasteiger partial charge in [-0.1, -0.05) is 0 Å². The Hall–Kier alpha value is -1.41. The highest BCUT2D eigenvalue weighted by Crippen LogP contribution is 2.15. The topological polar surface area (TPSA) is 96.0 Å². The Morgan fingerprint density at radius 2 is 2.05 bits per heavy atom. The summed E-state index contributed by atoms with van der Waals surface area (Å²) in [6.45, 7) is 4.31. The van der Waals surface area contributed by atoms with Crippen LogP contribution in [-0.2, 0) is 20.8 Å². The van der Waals surface area contributed by atoms with Gasteiger partial charge in [-0.15, -0.1) is 0 Å². The fraction of sp³-hybridized carbons (Fsp3) is 0.615. The maximum atomic E-state index is 11.4. The number of hydrogen-bond donors (Lipinski definition) is 2. The van der Waals surface area contributed by atoms with E-state index in [2.05, 4.69) is 5.43 Å². The van der Waals surface area contributed by atoms with Crippen molar-refractivity contribution in [1.29, 1.82) is 0 Å². The minimum Gasteiger partial charge on any atom is -0.463 e. The van der Waals surface area contributed by atoms with Gasteiger partial charge < -0.3 is 18.6 Å². The first-order valence-corrected chi connectivity index (χ1v) is 6.43. The predicted molar refractivity (Wildman–Crippen MR) is 72.1 cm³/mol. The van der Waals surface area contributed by atoms with Crippen LogP contribution in [0.4, 0.5) is 0 Å². The van der Waals surface area contributed by atoms with E-state index in [0.29, 0.717) is 50.1 Å². The molecule has 0 atom stereocenters. The lowest BCUT2D eigenvalue weighted by Gasteiger charge is -2.04. The zero-order chi connectivity index (χ0) is 14.8. The van der Waals surface area contributed by atoms with Crippen molar-refractivity contribution in [3.63, 3.8) is 0 Å². The number of rotatable bonds is 10. The van der Waals surface area contributed by atoms with Gasteiger partial charge in [-0.25, -0.2) is 5.84 Å². The molecule has 0 saturated heterocycles. The van der Waals surface area contributed by atoms with Gasteiger partial charge in [0.05, 0.1) is 18.8 Å². The Labute approximate surface area is 118 Å². The molecule has 0 fully saturated rings. The largest absolute Gasteiger partial charge is 0.463 e. The van der Waals surface area contributed by atoms with Crippen molar-refractivity contribution in [3.05, 3.63) is 23.2 Å². The van der Waals surface area contributed by atoms with Crippen LogP contribution in [0.5, 0.6) is 0 Å². The molecule has 0 spiro atoms. The molecule has 0 aliphatic carbocycles. The Bertz CT molecular complexity index is 405. The molecule has 0 saturated carbocycles. The lowest BCUT2D eigenvalue weighted by Crippen LogP contribution is -2.30. The van der Waals surface area contributed by atoms with Crippen molar-refractivity contribution in [2.24, 2.45) is 5.84 Å². The number of nitrogen functional groups attached to an aromatic ring is 1. The van der Waals surface area contributed by atoms with Gasteiger partial charge in [0.1, 0.15) is 18.1 Å². The second-order valence-electron chi connectivity index (χ2n) is 4.17. The Morgan fingerprint density at radius 1 is 1.30 bits per heavy atom. The van der Waals surface area contributed by atoms with E-state index in [1.807, 2.05) is 0 Å². The third kappa shape index (κ3) is 5.70. The lowest BCUT2D eigenvalue weighted by atomic mass is 10.2. The van der Waals surface area contributed by atoms with Gasteiger partial charge in [0, 0.05) is 20.3 Å². The summed E-state index contributed by atoms with van der Waals surface area (Å²) >= 11 is 0. The first-order chi connectivity index (χ1) is 9.69. The third-order valence-corrected chi connectivity index (χ3v) is 2.60. The van der Waals surface area contributed by atoms with Crippen LogP contribution in [0.15, 0.2) is 10.5 Å². The summed E-state index contributed by atoms with van der Waals surface area (Å²) in [5, 5.41) is 0. The normalized spacial score (nSPS) is 10.8. The zero-order valence-corrected chi connectivity index (χ0v) is 11.9. The van der Waals surface area contributed by atoms with E-state index in [1.165, 1.54) is 0 Å². The molecule has 7 nitrogen and oxygen atoms in total. The summed E-state index contributed by atoms with van der Waals surface area (Å²) < 4.78 is 21.0. The number of hydrazine groups is 1. The second kappa shape index (κ2) is 9.49. The quantitative estimate of drug-likeness (QED) is 0.285. The number of amides is 1. The zero-order valence-electron chi connectivity index (χ0n) is 11.9. The van der Waals surface area contributed by atoms with E-state index >= 15 is 0 Å². The molecule has 114 valence electrons. The molecule has 1 aromatic heterocycles. The van der Waals surface area contributed by atoms with Gasteiger partial charge in [-0.2, -0.15) is 0 Å². The molecule has 0 bridgehead atoms. The minimum atomic E-state index is -0.376. The summed E-state index contributed by atoms with van der Waals surface area (Å²) in [6.07, 6.45) is 0.867. The Balaban J connectivity index is 2.18. The molecule has 0 unspecified atom stereocenters. The number of nitrogens with one attached hydrogen (secondary N) is 1. The van der Waals surface area contributed by atoms with E-state index in [0.717, 1.165) is 6.42 Å². The summed E-state index contributed by atoms with van der Waals surface area (Å²) in [7, 11) is 1.66. The second-order valence-corrected chi connectivity index (χ2v) is 4.17. The predicted octanol–water partition coefficient (Wildman–Crippen LogP) is 0.761. The van der Waals surface area contributed by atoms with E-state index < -0.39 is 0 Å². The van der Waals surface area contributed by atoms with Crippen LogP contribution in [0.25, 0.3) is 0 Å². The maximum Gasteiger partial charge on any atom is 0.268 e. The summed E-state index contributed by atoms with van der Waals surface area (Å²) in [4.78, 5) is 11.4. The van der Waals surface area contributed by atoms with E-state index in [-0.39, 0.29) is 5.91 Å². The number of ether oxygens (including phenoxy) is 3. The van der Waals surface area contributed by atoms with Crippen LogP contribution in [0.2, 0.25) is 0 Å². The number of furan rings is 1. The molecule has 20 heavy (non-hydrogen) atoms. The van der Waals surface area contributed by atoms with Crippen LogP contribution in [0, 0.1) is 6.92 Å². The Morgan fingerprint density at radius 3 is 2.75 bits per heavy atom. The van der Waals surface area contributed by atoms with E-state index in [9.17, 15) is 4.79 Å². The molecule has 3 N–H and O–H groups in total. The van der Waals surface area contributed by atoms with E-state index in [4.69, 9.17) is 24.5 Å². The molecular weight excluding hydrogens is 264 g/mol. The van der Waals surface area contributed by atoms with Crippen LogP contribution < -0.4 is 11.3 Å². The summed E-state index contributed by atoms with van der Waals surface area (Å²) in [6, 6.07) is 1.62. The van der Waals surface area contributed by atoms with Gasteiger partial charge in [-0.05, 0) is 19.4 Å². The van der Waals surface area contributed by atoms with Crippen LogP contribution in [0.3, 0.4) is 0 Å². The van der Waals surface area contributed by atoms with Crippen LogP contribution in [-0.4, -0.2) is 39.4 Å². The molecule has 7 heteroatoms. The molecule has 0 aliphatic heterocycles. The van der Waals surface area contributed by atoms with Crippen molar-refractivity contribution >= 4 is 5.91 Å². The van der Waals surface area contributed by atoms with Crippen molar-refractivity contribution in [3.8, 4) is 0 Å². The van der Waals surface area contributed by atoms with Crippen LogP contribution in [0.1, 0.15) is 28.3 Å². The highest BCUT2D eigenvalue weighted by molar-refractivity contribution is 5.94. The third-order valence-electron chi connectivity index (χ3n) is 2.60. The smallest absolute Gasteiger partial charge is 0.268 e. The van der Waals surface area contributed by atoms with Gasteiger partial charge in [0.2, 0.25) is 0 Å². The van der Waals surface area contributed by atoms with Crippen molar-refractivity contribution in [2.75, 3.05) is 33.5 Å². The fourth-order valence-electron chi connectivity index (χ4n) is 1.62. The molecule has 1 aromatic rings. The first-order valence-electron chi connectivity index (χ1n) is 6.43. The maximum absolute atomic E-state index is 11.4. The molecule has 1 heterocycles. The van der Waals surface area contributed by atoms with Gasteiger partial charge in [0.25, 0.3) is 5.91 Å². The highest BCUT2D eigenvalue weighted by atomic mass is 16.5. The number of carbonyl (C=O) groups excluding carboxylic acids is 1. The summed E-state index contributed by atoms with van der Waals surface area (Å²) in [5.74, 6) is 5.80. The monoisotopic (exact) mass is 286 g/mol. The number of carbonyl (C=O) groups is 1. The molecule has 0 aliphatic rings. The van der Waals surface area contributed by atoms with Crippen molar-refractivity contribution in [1.82, 2.24) is 5.43 Å². The Kier molecular flexibility index (Phi) is 7.89. The van der Waals surface area contributed by atoms with Gasteiger partial charge >= 0.3 is 0 Å². The fourth-order valence-corrected chi connectivity index (χ4v) is 1.62. The minimum absolute atomic E-state index is 0.292. The summed E-state index contributed by atoms with van der Waals surface area (Å²) in [5.41, 5.74) is 2.48. The van der Waals surface area contributed by atoms with E-state index in [1.54, 1.807) is 20.1 Å². The number of methoxy groups -OCH3 is 1. The standard InChI is InChI=1S/C13H22N2O5/c1-10-12(13(16)15-14)8-11(20-10)9-19-7-6-18-5-3-4-17-2/h8H,3-7,9,14H2,1-2H3,(H,15,16). The number of hydrogen-bond acceptors (Lipinski definition) is 6. The number of nitrogens with two attached hydrogens (primary N) is 1. The number of aryl methyl sites for hydroxylation is 1. The molecule has 1 rings (SSSR count). The molecule has 0 aromatic carbocycles. The van der Waals surface area contributed by atoms with Gasteiger partial charge in [0.15, 0.2) is 0 Å². The highest BCUT2D eigenvalue weighted by Gasteiger charge is 2.13. The first kappa shape index (κ1) is 16.6. The molecule has 0 radical (unpaired) electrons. The van der Waals surface area contributed by atoms with Crippen molar-refractivity contribution < 1.29 is 23.4 Å². The molecule has 1 amide bonds. The lowest BCUT2D eigenvalue weighted by molar-refractivity contribution is 0.0285. The van der Waals surface area contributed by atoms with Crippen LogP contribution >= 0.6 is 0 Å². The molecular formula is C13H22N2O5. The SMILES string of the molecule is COCCCOCCOCc1cc(C(=O)NN)c(C)o1. The average Bonchev–Trinajstić information content (AvgIpc) is 2.82. The van der Waals surface area contributed by atoms with Crippen molar-refractivity contribution in [2.45, 2.75) is 20.0 Å².